The molecule has 3 aromatic rings. The minimum Gasteiger partial charge on any atom is -0.481 e. The molecule has 0 saturated heterocycles. The number of rotatable bonds is 7. The third kappa shape index (κ3) is 4.46. The molecule has 2 atom stereocenters. The molecule has 1 aromatic heterocycles. The predicted molar refractivity (Wildman–Crippen MR) is 137 cm³/mol. The monoisotopic (exact) mass is 627 g/mol. The summed E-state index contributed by atoms with van der Waals surface area (Å²) in [6.07, 6.45) is -8.19. The molecule has 8 rings (SSSR count). The van der Waals surface area contributed by atoms with E-state index in [-0.39, 0.29) is 59.6 Å². The van der Waals surface area contributed by atoms with Gasteiger partial charge in [0.05, 0.1) is 22.8 Å². The number of carboxylic acids is 1. The van der Waals surface area contributed by atoms with Crippen LogP contribution in [-0.2, 0) is 22.1 Å². The normalized spacial score (nSPS) is 26.8. The molecule has 3 fully saturated rings. The molecule has 2 heterocycles. The average Bonchev–Trinajstić information content (AvgIpc) is 3.42. The second-order valence-corrected chi connectivity index (χ2v) is 11.9. The minimum absolute atomic E-state index is 0.0368. The Labute approximate surface area is 244 Å². The third-order valence-electron chi connectivity index (χ3n) is 8.86. The molecule has 234 valence electrons. The number of carbonyl (C=O) groups is 1. The highest BCUT2D eigenvalue weighted by Crippen LogP contribution is 2.70. The number of benzene rings is 2. The van der Waals surface area contributed by atoms with E-state index in [9.17, 15) is 36.2 Å². The lowest BCUT2D eigenvalue weighted by atomic mass is 9.41. The summed E-state index contributed by atoms with van der Waals surface area (Å²) in [6.45, 7) is 1.50. The summed E-state index contributed by atoms with van der Waals surface area (Å²) in [5.74, 6) is -3.58. The van der Waals surface area contributed by atoms with E-state index in [1.807, 2.05) is 0 Å². The van der Waals surface area contributed by atoms with Crippen LogP contribution >= 0.6 is 0 Å². The highest BCUT2D eigenvalue weighted by molar-refractivity contribution is 5.80. The second-order valence-electron chi connectivity index (χ2n) is 11.9. The first-order valence-corrected chi connectivity index (χ1v) is 13.8. The molecule has 44 heavy (non-hydrogen) atoms. The molecule has 2 N–H and O–H groups in total. The van der Waals surface area contributed by atoms with E-state index in [1.165, 1.54) is 19.1 Å². The highest BCUT2D eigenvalue weighted by Gasteiger charge is 2.73. The van der Waals surface area contributed by atoms with Gasteiger partial charge in [-0.3, -0.25) is 4.79 Å². The number of fused-ring (bicyclic) bond motifs is 2. The summed E-state index contributed by atoms with van der Waals surface area (Å²) in [5, 5.41) is 16.2. The fourth-order valence-electron chi connectivity index (χ4n) is 6.93. The maximum atomic E-state index is 15.3. The van der Waals surface area contributed by atoms with Gasteiger partial charge in [0.25, 0.3) is 0 Å². The van der Waals surface area contributed by atoms with Crippen LogP contribution in [0.5, 0.6) is 11.5 Å². The lowest BCUT2D eigenvalue weighted by Crippen LogP contribution is -2.71. The van der Waals surface area contributed by atoms with Gasteiger partial charge in [0.15, 0.2) is 17.2 Å². The standard InChI is InChI=1S/C29H24F7N3O5/c1-13(16-8-21-22(9-18(16)31)44-29(35,36)43-21)37-14-5-6-17(30)19(7-14)39-23-15(24(38-39)28(32,33)34)3-2-4-20(23)42-27-10-26(11-27,12-27)25(40)41/h5-9,13,20,37H,2-4,10-12H2,1H3,(H,40,41)/t13-,20+,26?,27?/m0/s1. The van der Waals surface area contributed by atoms with Crippen LogP contribution in [0.15, 0.2) is 30.3 Å². The summed E-state index contributed by atoms with van der Waals surface area (Å²) < 4.78 is 115. The number of alkyl halides is 5. The van der Waals surface area contributed by atoms with Crippen LogP contribution in [0, 0.1) is 17.0 Å². The maximum absolute atomic E-state index is 15.3. The van der Waals surface area contributed by atoms with Crippen molar-refractivity contribution in [2.45, 2.75) is 75.7 Å². The number of carboxylic acid groups (broad SMARTS) is 1. The largest absolute Gasteiger partial charge is 0.586 e. The topological polar surface area (TPSA) is 94.8 Å². The van der Waals surface area contributed by atoms with Gasteiger partial charge in [0, 0.05) is 22.9 Å². The average molecular weight is 628 g/mol. The van der Waals surface area contributed by atoms with Crippen molar-refractivity contribution < 1.29 is 54.8 Å². The maximum Gasteiger partial charge on any atom is 0.586 e. The van der Waals surface area contributed by atoms with Crippen LogP contribution in [-0.4, -0.2) is 32.8 Å². The van der Waals surface area contributed by atoms with Crippen molar-refractivity contribution in [2.24, 2.45) is 5.41 Å². The minimum atomic E-state index is -4.84. The van der Waals surface area contributed by atoms with Gasteiger partial charge in [0.2, 0.25) is 0 Å². The van der Waals surface area contributed by atoms with Crippen molar-refractivity contribution in [3.05, 3.63) is 64.5 Å². The van der Waals surface area contributed by atoms with Gasteiger partial charge in [0.1, 0.15) is 23.4 Å². The predicted octanol–water partition coefficient (Wildman–Crippen LogP) is 7.07. The van der Waals surface area contributed by atoms with Crippen LogP contribution < -0.4 is 14.8 Å². The number of halogens is 7. The molecule has 4 aliphatic carbocycles. The van der Waals surface area contributed by atoms with Crippen LogP contribution in [0.3, 0.4) is 0 Å². The molecule has 3 saturated carbocycles. The molecule has 0 radical (unpaired) electrons. The number of aliphatic carboxylic acids is 1. The number of aromatic nitrogens is 2. The van der Waals surface area contributed by atoms with Gasteiger partial charge in [-0.25, -0.2) is 13.5 Å². The summed E-state index contributed by atoms with van der Waals surface area (Å²) in [4.78, 5) is 11.6. The number of nitrogens with one attached hydrogen (secondary N) is 1. The van der Waals surface area contributed by atoms with Crippen molar-refractivity contribution in [1.82, 2.24) is 9.78 Å². The first-order valence-electron chi connectivity index (χ1n) is 13.8. The molecule has 1 aliphatic heterocycles. The molecular weight excluding hydrogens is 603 g/mol. The lowest BCUT2D eigenvalue weighted by Gasteiger charge is -2.67. The first kappa shape index (κ1) is 28.7. The number of hydrogen-bond donors (Lipinski definition) is 2. The van der Waals surface area contributed by atoms with Gasteiger partial charge in [-0.05, 0) is 69.7 Å². The van der Waals surface area contributed by atoms with Crippen molar-refractivity contribution in [2.75, 3.05) is 5.32 Å². The number of hydrogen-bond acceptors (Lipinski definition) is 6. The fraction of sp³-hybridized carbons (Fsp3) is 0.448. The van der Waals surface area contributed by atoms with Crippen LogP contribution in [0.4, 0.5) is 36.4 Å². The van der Waals surface area contributed by atoms with E-state index in [0.29, 0.717) is 12.8 Å². The zero-order chi connectivity index (χ0) is 31.4. The van der Waals surface area contributed by atoms with E-state index >= 15 is 4.39 Å². The Morgan fingerprint density at radius 3 is 2.45 bits per heavy atom. The molecule has 8 nitrogen and oxygen atoms in total. The second kappa shape index (κ2) is 9.25. The Morgan fingerprint density at radius 2 is 1.80 bits per heavy atom. The molecule has 0 unspecified atom stereocenters. The summed E-state index contributed by atoms with van der Waals surface area (Å²) in [6, 6.07) is 4.41. The lowest BCUT2D eigenvalue weighted by molar-refractivity contribution is -0.300. The zero-order valence-corrected chi connectivity index (χ0v) is 22.9. The smallest absolute Gasteiger partial charge is 0.481 e. The Kier molecular flexibility index (Phi) is 6.04. The summed E-state index contributed by atoms with van der Waals surface area (Å²) >= 11 is 0. The van der Waals surface area contributed by atoms with Crippen LogP contribution in [0.1, 0.15) is 73.7 Å². The van der Waals surface area contributed by atoms with Gasteiger partial charge in [-0.15, -0.1) is 8.78 Å². The first-order chi connectivity index (χ1) is 20.6. The Balaban J connectivity index is 1.22. The third-order valence-corrected chi connectivity index (χ3v) is 8.86. The van der Waals surface area contributed by atoms with E-state index < -0.39 is 64.7 Å². The number of ether oxygens (including phenoxy) is 3. The zero-order valence-electron chi connectivity index (χ0n) is 22.9. The molecule has 0 spiro atoms. The van der Waals surface area contributed by atoms with Crippen molar-refractivity contribution in [3.63, 3.8) is 0 Å². The van der Waals surface area contributed by atoms with Crippen molar-refractivity contribution in [1.29, 1.82) is 0 Å². The van der Waals surface area contributed by atoms with E-state index in [4.69, 9.17) is 4.74 Å². The van der Waals surface area contributed by atoms with Crippen molar-refractivity contribution in [3.8, 4) is 17.2 Å². The van der Waals surface area contributed by atoms with Gasteiger partial charge < -0.3 is 24.6 Å². The highest BCUT2D eigenvalue weighted by atomic mass is 19.4. The van der Waals surface area contributed by atoms with Gasteiger partial charge >= 0.3 is 18.4 Å². The van der Waals surface area contributed by atoms with Gasteiger partial charge in [-0.2, -0.15) is 18.3 Å². The molecule has 0 amide bonds. The number of nitrogens with zero attached hydrogens (tertiary/aromatic N) is 2. The van der Waals surface area contributed by atoms with Crippen molar-refractivity contribution >= 4 is 11.7 Å². The molecule has 2 bridgehead atoms. The molecule has 15 heteroatoms. The Morgan fingerprint density at radius 1 is 1.11 bits per heavy atom. The molecular formula is C29H24F7N3O5. The fourth-order valence-corrected chi connectivity index (χ4v) is 6.93. The van der Waals surface area contributed by atoms with E-state index in [1.54, 1.807) is 0 Å². The van der Waals surface area contributed by atoms with Crippen LogP contribution in [0.25, 0.3) is 5.69 Å². The quantitative estimate of drug-likeness (QED) is 0.271. The molecule has 2 aromatic carbocycles. The number of anilines is 1. The van der Waals surface area contributed by atoms with Crippen LogP contribution in [0.2, 0.25) is 0 Å². The van der Waals surface area contributed by atoms with Gasteiger partial charge in [-0.1, -0.05) is 0 Å². The molecule has 5 aliphatic rings. The van der Waals surface area contributed by atoms with E-state index in [2.05, 4.69) is 19.9 Å². The summed E-state index contributed by atoms with van der Waals surface area (Å²) in [5.41, 5.74) is -3.09. The Bertz CT molecular complexity index is 1690. The SMILES string of the molecule is C[C@H](Nc1ccc(F)c(-n2nc(C(F)(F)F)c3c2[C@H](OC24CC(C(=O)O)(C2)C4)CCC3)c1)c1cc2c(cc1F)OC(F)(F)O2. The summed E-state index contributed by atoms with van der Waals surface area (Å²) in [7, 11) is 0. The Hall–Kier alpha value is -4.01. The van der Waals surface area contributed by atoms with E-state index in [0.717, 1.165) is 22.9 Å².